The molecule has 122 valence electrons. The molecule has 3 rings (SSSR count). The number of rotatable bonds is 3. The second kappa shape index (κ2) is 5.84. The van der Waals surface area contributed by atoms with Gasteiger partial charge < -0.3 is 5.32 Å². The third-order valence-electron chi connectivity index (χ3n) is 4.83. The lowest BCUT2D eigenvalue weighted by molar-refractivity contribution is 0.0874. The molecule has 0 radical (unpaired) electrons. The molecule has 0 unspecified atom stereocenters. The molecule has 0 fully saturated rings. The second-order valence-corrected chi connectivity index (χ2v) is 7.37. The number of nitrogens with zero attached hydrogens (tertiary/aromatic N) is 2. The van der Waals surface area contributed by atoms with Crippen LogP contribution in [0.15, 0.2) is 36.5 Å². The van der Waals surface area contributed by atoms with Crippen molar-refractivity contribution in [2.24, 2.45) is 5.41 Å². The van der Waals surface area contributed by atoms with E-state index in [1.807, 2.05) is 16.9 Å². The van der Waals surface area contributed by atoms with Crippen molar-refractivity contribution in [2.45, 2.75) is 52.6 Å². The van der Waals surface area contributed by atoms with Crippen molar-refractivity contribution in [3.05, 3.63) is 53.3 Å². The highest BCUT2D eigenvalue weighted by atomic mass is 16.2. The highest BCUT2D eigenvalue weighted by molar-refractivity contribution is 5.92. The van der Waals surface area contributed by atoms with Crippen LogP contribution < -0.4 is 5.32 Å². The van der Waals surface area contributed by atoms with Gasteiger partial charge in [-0.1, -0.05) is 38.1 Å². The summed E-state index contributed by atoms with van der Waals surface area (Å²) in [5.41, 5.74) is 3.09. The molecule has 1 aliphatic rings. The van der Waals surface area contributed by atoms with Crippen LogP contribution in [0.1, 0.15) is 67.8 Å². The van der Waals surface area contributed by atoms with Crippen LogP contribution in [-0.2, 0) is 6.42 Å². The lowest BCUT2D eigenvalue weighted by Gasteiger charge is -2.40. The van der Waals surface area contributed by atoms with Crippen molar-refractivity contribution < 1.29 is 4.79 Å². The Morgan fingerprint density at radius 1 is 1.30 bits per heavy atom. The van der Waals surface area contributed by atoms with Crippen LogP contribution in [-0.4, -0.2) is 15.7 Å². The third kappa shape index (κ3) is 3.03. The zero-order valence-corrected chi connectivity index (χ0v) is 14.3. The van der Waals surface area contributed by atoms with Crippen molar-refractivity contribution >= 4 is 5.91 Å². The molecule has 4 heteroatoms. The predicted molar refractivity (Wildman–Crippen MR) is 91.4 cm³/mol. The molecule has 1 heterocycles. The summed E-state index contributed by atoms with van der Waals surface area (Å²) in [5, 5.41) is 7.60. The Morgan fingerprint density at radius 3 is 2.74 bits per heavy atom. The van der Waals surface area contributed by atoms with Gasteiger partial charge in [-0.25, -0.2) is 0 Å². The molecule has 1 N–H and O–H groups in total. The number of amides is 1. The van der Waals surface area contributed by atoms with Crippen molar-refractivity contribution in [1.82, 2.24) is 15.1 Å². The van der Waals surface area contributed by atoms with Gasteiger partial charge in [0, 0.05) is 12.2 Å². The van der Waals surface area contributed by atoms with E-state index in [-0.39, 0.29) is 23.4 Å². The fraction of sp³-hybridized carbons (Fsp3) is 0.474. The minimum Gasteiger partial charge on any atom is -0.343 e. The van der Waals surface area contributed by atoms with Gasteiger partial charge in [0.25, 0.3) is 5.91 Å². The first-order valence-electron chi connectivity index (χ1n) is 8.32. The first kappa shape index (κ1) is 15.8. The monoisotopic (exact) mass is 311 g/mol. The van der Waals surface area contributed by atoms with Crippen molar-refractivity contribution in [3.8, 4) is 0 Å². The average molecular weight is 311 g/mol. The van der Waals surface area contributed by atoms with Crippen LogP contribution in [0.25, 0.3) is 0 Å². The second-order valence-electron chi connectivity index (χ2n) is 7.37. The summed E-state index contributed by atoms with van der Waals surface area (Å²) in [6, 6.07) is 10.5. The van der Waals surface area contributed by atoms with Crippen molar-refractivity contribution in [1.29, 1.82) is 0 Å². The highest BCUT2D eigenvalue weighted by Gasteiger charge is 2.37. The maximum atomic E-state index is 12.7. The summed E-state index contributed by atoms with van der Waals surface area (Å²) in [4.78, 5) is 12.7. The fourth-order valence-electron chi connectivity index (χ4n) is 3.29. The van der Waals surface area contributed by atoms with Gasteiger partial charge >= 0.3 is 0 Å². The van der Waals surface area contributed by atoms with Crippen LogP contribution in [0.3, 0.4) is 0 Å². The molecule has 0 saturated heterocycles. The maximum Gasteiger partial charge on any atom is 0.272 e. The van der Waals surface area contributed by atoms with E-state index in [2.05, 4.69) is 56.3 Å². The van der Waals surface area contributed by atoms with Gasteiger partial charge in [0.15, 0.2) is 0 Å². The molecule has 0 bridgehead atoms. The molecule has 1 aromatic carbocycles. The fourth-order valence-corrected chi connectivity index (χ4v) is 3.29. The Labute approximate surface area is 137 Å². The molecule has 4 nitrogen and oxygen atoms in total. The number of aryl methyl sites for hydroxylation is 1. The summed E-state index contributed by atoms with van der Waals surface area (Å²) in [7, 11) is 0. The average Bonchev–Trinajstić information content (AvgIpc) is 3.00. The topological polar surface area (TPSA) is 46.9 Å². The minimum atomic E-state index is -0.0980. The lowest BCUT2D eigenvalue weighted by Crippen LogP contribution is -2.41. The van der Waals surface area contributed by atoms with Gasteiger partial charge in [-0.15, -0.1) is 0 Å². The standard InChI is InChI=1S/C19H25N3O/c1-13(2)22-12-10-16(21-22)18(23)20-17-15-8-6-5-7-14(15)9-11-19(17,3)4/h5-8,10,12-13,17H,9,11H2,1-4H3,(H,20,23)/t17-/m0/s1. The molecule has 1 atom stereocenters. The lowest BCUT2D eigenvalue weighted by atomic mass is 9.70. The molecule has 0 spiro atoms. The molecule has 1 amide bonds. The normalized spacial score (nSPS) is 19.4. The number of hydrogen-bond acceptors (Lipinski definition) is 2. The maximum absolute atomic E-state index is 12.7. The van der Waals surface area contributed by atoms with Gasteiger partial charge in [-0.05, 0) is 49.3 Å². The van der Waals surface area contributed by atoms with Gasteiger partial charge in [-0.2, -0.15) is 5.10 Å². The van der Waals surface area contributed by atoms with Gasteiger partial charge in [0.1, 0.15) is 5.69 Å². The summed E-state index contributed by atoms with van der Waals surface area (Å²) >= 11 is 0. The number of aromatic nitrogens is 2. The van der Waals surface area contributed by atoms with E-state index < -0.39 is 0 Å². The Kier molecular flexibility index (Phi) is 4.00. The minimum absolute atomic E-state index is 0.0177. The largest absolute Gasteiger partial charge is 0.343 e. The number of nitrogens with one attached hydrogen (secondary N) is 1. The van der Waals surface area contributed by atoms with Crippen LogP contribution in [0, 0.1) is 5.41 Å². The quantitative estimate of drug-likeness (QED) is 0.934. The van der Waals surface area contributed by atoms with E-state index in [9.17, 15) is 4.79 Å². The predicted octanol–water partition coefficient (Wildman–Crippen LogP) is 3.91. The van der Waals surface area contributed by atoms with Crippen LogP contribution in [0.4, 0.5) is 0 Å². The molecule has 0 aliphatic heterocycles. The Balaban J connectivity index is 1.86. The molecule has 1 aliphatic carbocycles. The zero-order chi connectivity index (χ0) is 16.6. The van der Waals surface area contributed by atoms with Crippen LogP contribution in [0.5, 0.6) is 0 Å². The van der Waals surface area contributed by atoms with Crippen LogP contribution >= 0.6 is 0 Å². The summed E-state index contributed by atoms with van der Waals surface area (Å²) in [6.07, 6.45) is 3.99. The Bertz CT molecular complexity index is 715. The van der Waals surface area contributed by atoms with Gasteiger partial charge in [0.2, 0.25) is 0 Å². The molecule has 1 aromatic heterocycles. The van der Waals surface area contributed by atoms with E-state index in [0.717, 1.165) is 12.8 Å². The van der Waals surface area contributed by atoms with E-state index in [4.69, 9.17) is 0 Å². The van der Waals surface area contributed by atoms with E-state index >= 15 is 0 Å². The molecule has 2 aromatic rings. The smallest absolute Gasteiger partial charge is 0.272 e. The number of carbonyl (C=O) groups is 1. The highest BCUT2D eigenvalue weighted by Crippen LogP contribution is 2.43. The van der Waals surface area contributed by atoms with Crippen molar-refractivity contribution in [2.75, 3.05) is 0 Å². The molecule has 23 heavy (non-hydrogen) atoms. The Morgan fingerprint density at radius 2 is 2.04 bits per heavy atom. The zero-order valence-electron chi connectivity index (χ0n) is 14.3. The van der Waals surface area contributed by atoms with Gasteiger partial charge in [0.05, 0.1) is 6.04 Å². The number of benzene rings is 1. The number of fused-ring (bicyclic) bond motifs is 1. The first-order valence-corrected chi connectivity index (χ1v) is 8.32. The summed E-state index contributed by atoms with van der Waals surface area (Å²) in [5.74, 6) is -0.0980. The van der Waals surface area contributed by atoms with Crippen molar-refractivity contribution in [3.63, 3.8) is 0 Å². The molecular formula is C19H25N3O. The summed E-state index contributed by atoms with van der Waals surface area (Å²) in [6.45, 7) is 8.55. The molecule has 0 saturated carbocycles. The SMILES string of the molecule is CC(C)n1ccc(C(=O)N[C@H]2c3ccccc3CCC2(C)C)n1. The van der Waals surface area contributed by atoms with Gasteiger partial charge in [-0.3, -0.25) is 9.48 Å². The summed E-state index contributed by atoms with van der Waals surface area (Å²) < 4.78 is 1.81. The first-order chi connectivity index (χ1) is 10.9. The number of hydrogen-bond donors (Lipinski definition) is 1. The van der Waals surface area contributed by atoms with Crippen LogP contribution in [0.2, 0.25) is 0 Å². The number of carbonyl (C=O) groups excluding carboxylic acids is 1. The third-order valence-corrected chi connectivity index (χ3v) is 4.83. The Hall–Kier alpha value is -2.10. The molecular weight excluding hydrogens is 286 g/mol. The van der Waals surface area contributed by atoms with E-state index in [1.54, 1.807) is 6.07 Å². The van der Waals surface area contributed by atoms with E-state index in [1.165, 1.54) is 11.1 Å². The van der Waals surface area contributed by atoms with E-state index in [0.29, 0.717) is 5.69 Å².